The van der Waals surface area contributed by atoms with Crippen LogP contribution in [0, 0.1) is 0 Å². The van der Waals surface area contributed by atoms with Gasteiger partial charge in [0.2, 0.25) is 0 Å². The summed E-state index contributed by atoms with van der Waals surface area (Å²) in [6.45, 7) is 0.455. The zero-order valence-corrected chi connectivity index (χ0v) is 13.0. The van der Waals surface area contributed by atoms with Gasteiger partial charge in [0.1, 0.15) is 5.75 Å². The number of para-hydroxylation sites is 1. The highest BCUT2D eigenvalue weighted by Gasteiger charge is 2.31. The quantitative estimate of drug-likeness (QED) is 0.694. The van der Waals surface area contributed by atoms with Crippen molar-refractivity contribution in [1.82, 2.24) is 10.3 Å². The SMILES string of the molecule is O=C1N[C@@H](Cc2ccc(O)cc2)CO[C@H]1c1c[nH]c2ccccc12. The molecule has 122 valence electrons. The van der Waals surface area contributed by atoms with Gasteiger partial charge in [0.05, 0.1) is 12.6 Å². The molecule has 2 atom stereocenters. The van der Waals surface area contributed by atoms with Gasteiger partial charge in [-0.2, -0.15) is 0 Å². The maximum absolute atomic E-state index is 12.5. The molecule has 0 saturated carbocycles. The lowest BCUT2D eigenvalue weighted by Gasteiger charge is -2.29. The van der Waals surface area contributed by atoms with Gasteiger partial charge in [-0.15, -0.1) is 0 Å². The molecule has 3 aromatic rings. The summed E-state index contributed by atoms with van der Waals surface area (Å²) in [6.07, 6.45) is 1.93. The molecular formula is C19H18N2O3. The number of fused-ring (bicyclic) bond motifs is 1. The summed E-state index contributed by atoms with van der Waals surface area (Å²) in [5.74, 6) is 0.122. The van der Waals surface area contributed by atoms with E-state index in [1.165, 1.54) is 0 Å². The van der Waals surface area contributed by atoms with E-state index in [1.54, 1.807) is 12.1 Å². The van der Waals surface area contributed by atoms with Gasteiger partial charge < -0.3 is 20.1 Å². The molecule has 1 aromatic heterocycles. The number of ether oxygens (including phenoxy) is 1. The van der Waals surface area contributed by atoms with Crippen LogP contribution in [-0.2, 0) is 16.0 Å². The Morgan fingerprint density at radius 3 is 2.71 bits per heavy atom. The highest BCUT2D eigenvalue weighted by Crippen LogP contribution is 2.29. The summed E-state index contributed by atoms with van der Waals surface area (Å²) in [5.41, 5.74) is 2.91. The van der Waals surface area contributed by atoms with E-state index in [2.05, 4.69) is 10.3 Å². The lowest BCUT2D eigenvalue weighted by molar-refractivity contribution is -0.141. The number of rotatable bonds is 3. The number of hydrogen-bond acceptors (Lipinski definition) is 3. The highest BCUT2D eigenvalue weighted by molar-refractivity contribution is 5.91. The minimum atomic E-state index is -0.586. The molecule has 4 rings (SSSR count). The Labute approximate surface area is 139 Å². The second-order valence-electron chi connectivity index (χ2n) is 6.08. The van der Waals surface area contributed by atoms with E-state index < -0.39 is 6.10 Å². The van der Waals surface area contributed by atoms with E-state index in [4.69, 9.17) is 4.74 Å². The van der Waals surface area contributed by atoms with Crippen molar-refractivity contribution >= 4 is 16.8 Å². The Morgan fingerprint density at radius 1 is 1.12 bits per heavy atom. The summed E-state index contributed by atoms with van der Waals surface area (Å²) in [4.78, 5) is 15.7. The number of phenols is 1. The van der Waals surface area contributed by atoms with Gasteiger partial charge in [-0.1, -0.05) is 30.3 Å². The Bertz CT molecular complexity index is 870. The number of phenolic OH excluding ortho intramolecular Hbond substituents is 1. The van der Waals surface area contributed by atoms with Crippen LogP contribution >= 0.6 is 0 Å². The number of aromatic nitrogens is 1. The molecule has 0 radical (unpaired) electrons. The normalized spacial score (nSPS) is 20.9. The Balaban J connectivity index is 1.48. The third kappa shape index (κ3) is 2.74. The van der Waals surface area contributed by atoms with Crippen LogP contribution < -0.4 is 5.32 Å². The van der Waals surface area contributed by atoms with Crippen LogP contribution in [0.15, 0.2) is 54.7 Å². The first-order chi connectivity index (χ1) is 11.7. The second kappa shape index (κ2) is 6.02. The fraction of sp³-hybridized carbons (Fsp3) is 0.211. The molecule has 2 heterocycles. The number of hydrogen-bond donors (Lipinski definition) is 3. The van der Waals surface area contributed by atoms with Crippen LogP contribution in [0.1, 0.15) is 17.2 Å². The van der Waals surface area contributed by atoms with Crippen molar-refractivity contribution in [3.8, 4) is 5.75 Å². The Kier molecular flexibility index (Phi) is 3.70. The molecular weight excluding hydrogens is 304 g/mol. The first-order valence-corrected chi connectivity index (χ1v) is 7.96. The molecule has 1 amide bonds. The van der Waals surface area contributed by atoms with Gasteiger partial charge in [0.25, 0.3) is 5.91 Å². The summed E-state index contributed by atoms with van der Waals surface area (Å²) in [5, 5.41) is 13.4. The molecule has 24 heavy (non-hydrogen) atoms. The molecule has 1 aliphatic heterocycles. The van der Waals surface area contributed by atoms with Crippen LogP contribution in [0.25, 0.3) is 10.9 Å². The summed E-state index contributed by atoms with van der Waals surface area (Å²) in [7, 11) is 0. The highest BCUT2D eigenvalue weighted by atomic mass is 16.5. The standard InChI is InChI=1S/C19H18N2O3/c22-14-7-5-12(6-8-14)9-13-11-24-18(19(23)21-13)16-10-20-17-4-2-1-3-15(16)17/h1-8,10,13,18,20,22H,9,11H2,(H,21,23)/t13-,18-/m0/s1. The van der Waals surface area contributed by atoms with Gasteiger partial charge in [-0.25, -0.2) is 0 Å². The van der Waals surface area contributed by atoms with E-state index in [0.717, 1.165) is 22.0 Å². The summed E-state index contributed by atoms with van der Waals surface area (Å²) >= 11 is 0. The number of H-pyrrole nitrogens is 1. The maximum Gasteiger partial charge on any atom is 0.254 e. The van der Waals surface area contributed by atoms with Crippen LogP contribution in [0.5, 0.6) is 5.75 Å². The molecule has 3 N–H and O–H groups in total. The Morgan fingerprint density at radius 2 is 1.92 bits per heavy atom. The number of aromatic hydroxyl groups is 1. The van der Waals surface area contributed by atoms with E-state index in [0.29, 0.717) is 13.0 Å². The summed E-state index contributed by atoms with van der Waals surface area (Å²) in [6, 6.07) is 14.8. The predicted octanol–water partition coefficient (Wildman–Crippen LogP) is 2.67. The average Bonchev–Trinajstić information content (AvgIpc) is 3.01. The number of morpholine rings is 1. The predicted molar refractivity (Wildman–Crippen MR) is 90.7 cm³/mol. The van der Waals surface area contributed by atoms with Crippen molar-refractivity contribution in [3.63, 3.8) is 0 Å². The lowest BCUT2D eigenvalue weighted by atomic mass is 10.0. The van der Waals surface area contributed by atoms with Gasteiger partial charge >= 0.3 is 0 Å². The number of carbonyl (C=O) groups is 1. The third-order valence-electron chi connectivity index (χ3n) is 4.37. The summed E-state index contributed by atoms with van der Waals surface area (Å²) < 4.78 is 5.87. The minimum absolute atomic E-state index is 0.0662. The van der Waals surface area contributed by atoms with E-state index in [1.807, 2.05) is 42.6 Å². The van der Waals surface area contributed by atoms with E-state index in [-0.39, 0.29) is 17.7 Å². The van der Waals surface area contributed by atoms with Gasteiger partial charge in [0.15, 0.2) is 6.10 Å². The van der Waals surface area contributed by atoms with Crippen LogP contribution in [0.2, 0.25) is 0 Å². The molecule has 1 saturated heterocycles. The molecule has 1 aliphatic rings. The van der Waals surface area contributed by atoms with E-state index >= 15 is 0 Å². The molecule has 5 heteroatoms. The van der Waals surface area contributed by atoms with Gasteiger partial charge in [0, 0.05) is 22.7 Å². The smallest absolute Gasteiger partial charge is 0.254 e. The maximum atomic E-state index is 12.5. The fourth-order valence-corrected chi connectivity index (χ4v) is 3.18. The third-order valence-corrected chi connectivity index (χ3v) is 4.37. The fourth-order valence-electron chi connectivity index (χ4n) is 3.18. The first-order valence-electron chi connectivity index (χ1n) is 7.96. The molecule has 0 spiro atoms. The monoisotopic (exact) mass is 322 g/mol. The number of nitrogens with one attached hydrogen (secondary N) is 2. The lowest BCUT2D eigenvalue weighted by Crippen LogP contribution is -2.48. The van der Waals surface area contributed by atoms with Gasteiger partial charge in [-0.3, -0.25) is 4.79 Å². The molecule has 0 aliphatic carbocycles. The van der Waals surface area contributed by atoms with Crippen LogP contribution in [0.3, 0.4) is 0 Å². The number of carbonyl (C=O) groups excluding carboxylic acids is 1. The first kappa shape index (κ1) is 14.8. The average molecular weight is 322 g/mol. The number of benzene rings is 2. The van der Waals surface area contributed by atoms with Crippen molar-refractivity contribution in [3.05, 3.63) is 65.9 Å². The minimum Gasteiger partial charge on any atom is -0.508 e. The second-order valence-corrected chi connectivity index (χ2v) is 6.08. The molecule has 0 unspecified atom stereocenters. The van der Waals surface area contributed by atoms with E-state index in [9.17, 15) is 9.90 Å². The van der Waals surface area contributed by atoms with Crippen LogP contribution in [-0.4, -0.2) is 28.6 Å². The van der Waals surface area contributed by atoms with Crippen LogP contribution in [0.4, 0.5) is 0 Å². The topological polar surface area (TPSA) is 74.3 Å². The molecule has 1 fully saturated rings. The number of amides is 1. The van der Waals surface area contributed by atoms with Crippen molar-refractivity contribution in [2.75, 3.05) is 6.61 Å². The molecule has 5 nitrogen and oxygen atoms in total. The Hall–Kier alpha value is -2.79. The van der Waals surface area contributed by atoms with Crippen molar-refractivity contribution in [1.29, 1.82) is 0 Å². The number of aromatic amines is 1. The van der Waals surface area contributed by atoms with Crippen molar-refractivity contribution in [2.24, 2.45) is 0 Å². The van der Waals surface area contributed by atoms with Gasteiger partial charge in [-0.05, 0) is 30.2 Å². The largest absolute Gasteiger partial charge is 0.508 e. The van der Waals surface area contributed by atoms with Crippen molar-refractivity contribution < 1.29 is 14.6 Å². The zero-order chi connectivity index (χ0) is 16.5. The van der Waals surface area contributed by atoms with Crippen molar-refractivity contribution in [2.45, 2.75) is 18.6 Å². The molecule has 2 aromatic carbocycles. The molecule has 0 bridgehead atoms. The zero-order valence-electron chi connectivity index (χ0n) is 13.0.